The quantitative estimate of drug-likeness (QED) is 0.372. The summed E-state index contributed by atoms with van der Waals surface area (Å²) in [4.78, 5) is 0. The van der Waals surface area contributed by atoms with Crippen molar-refractivity contribution in [2.45, 2.75) is 26.7 Å². The summed E-state index contributed by atoms with van der Waals surface area (Å²) in [6.07, 6.45) is 7.14. The maximum Gasteiger partial charge on any atom is 0.111 e. The van der Waals surface area contributed by atoms with Gasteiger partial charge < -0.3 is 5.11 Å². The maximum atomic E-state index is 9.14. The molecule has 0 heterocycles. The van der Waals surface area contributed by atoms with E-state index in [4.69, 9.17) is 5.11 Å². The molecular formula is C10H16O. The van der Waals surface area contributed by atoms with Crippen LogP contribution in [0.4, 0.5) is 0 Å². The van der Waals surface area contributed by atoms with E-state index in [1.54, 1.807) is 12.2 Å². The van der Waals surface area contributed by atoms with Crippen molar-refractivity contribution in [1.82, 2.24) is 0 Å². The van der Waals surface area contributed by atoms with Crippen LogP contribution < -0.4 is 0 Å². The van der Waals surface area contributed by atoms with Crippen molar-refractivity contribution < 1.29 is 5.11 Å². The first-order chi connectivity index (χ1) is 5.24. The SMILES string of the molecule is C=CC/C(=C\C(O)=C\C)CC. The topological polar surface area (TPSA) is 20.2 Å². The third-order valence-electron chi connectivity index (χ3n) is 1.51. The zero-order valence-corrected chi connectivity index (χ0v) is 7.30. The van der Waals surface area contributed by atoms with E-state index >= 15 is 0 Å². The highest BCUT2D eigenvalue weighted by Gasteiger charge is 1.91. The summed E-state index contributed by atoms with van der Waals surface area (Å²) in [5.41, 5.74) is 1.20. The van der Waals surface area contributed by atoms with Crippen molar-refractivity contribution in [2.24, 2.45) is 0 Å². The van der Waals surface area contributed by atoms with Crippen LogP contribution in [0.1, 0.15) is 26.7 Å². The number of allylic oxidation sites excluding steroid dienone is 4. The molecule has 0 saturated heterocycles. The predicted molar refractivity (Wildman–Crippen MR) is 49.6 cm³/mol. The minimum absolute atomic E-state index is 0.337. The number of aliphatic hydroxyl groups excluding tert-OH is 1. The Hall–Kier alpha value is -0.980. The summed E-state index contributed by atoms with van der Waals surface area (Å²) in [7, 11) is 0. The van der Waals surface area contributed by atoms with Crippen molar-refractivity contribution in [2.75, 3.05) is 0 Å². The lowest BCUT2D eigenvalue weighted by Crippen LogP contribution is -1.81. The van der Waals surface area contributed by atoms with Crippen LogP contribution in [0.15, 0.2) is 36.1 Å². The molecule has 11 heavy (non-hydrogen) atoms. The molecule has 1 heteroatoms. The first-order valence-corrected chi connectivity index (χ1v) is 3.90. The van der Waals surface area contributed by atoms with Crippen LogP contribution in [0, 0.1) is 0 Å². The largest absolute Gasteiger partial charge is 0.508 e. The third kappa shape index (κ3) is 4.43. The second-order valence-corrected chi connectivity index (χ2v) is 2.36. The molecule has 0 aromatic heterocycles. The lowest BCUT2D eigenvalue weighted by atomic mass is 10.1. The molecule has 0 atom stereocenters. The first kappa shape index (κ1) is 10.0. The molecule has 0 saturated carbocycles. The average Bonchev–Trinajstić information content (AvgIpc) is 2.03. The fourth-order valence-electron chi connectivity index (χ4n) is 0.783. The van der Waals surface area contributed by atoms with Gasteiger partial charge in [0.25, 0.3) is 0 Å². The number of aliphatic hydroxyl groups is 1. The van der Waals surface area contributed by atoms with E-state index in [9.17, 15) is 0 Å². The third-order valence-corrected chi connectivity index (χ3v) is 1.51. The molecular weight excluding hydrogens is 136 g/mol. The van der Waals surface area contributed by atoms with Crippen LogP contribution in [-0.2, 0) is 0 Å². The highest BCUT2D eigenvalue weighted by atomic mass is 16.3. The van der Waals surface area contributed by atoms with Gasteiger partial charge in [0.1, 0.15) is 5.76 Å². The van der Waals surface area contributed by atoms with Gasteiger partial charge in [-0.25, -0.2) is 0 Å². The van der Waals surface area contributed by atoms with Crippen LogP contribution in [-0.4, -0.2) is 5.11 Å². The molecule has 0 aliphatic carbocycles. The summed E-state index contributed by atoms with van der Waals surface area (Å²) >= 11 is 0. The number of rotatable bonds is 4. The van der Waals surface area contributed by atoms with Crippen molar-refractivity contribution in [3.05, 3.63) is 36.1 Å². The fraction of sp³-hybridized carbons (Fsp3) is 0.400. The van der Waals surface area contributed by atoms with Crippen molar-refractivity contribution >= 4 is 0 Å². The predicted octanol–water partition coefficient (Wildman–Crippen LogP) is 3.36. The van der Waals surface area contributed by atoms with Crippen molar-refractivity contribution in [3.63, 3.8) is 0 Å². The van der Waals surface area contributed by atoms with Gasteiger partial charge in [-0.15, -0.1) is 6.58 Å². The van der Waals surface area contributed by atoms with E-state index in [2.05, 4.69) is 13.5 Å². The summed E-state index contributed by atoms with van der Waals surface area (Å²) in [5.74, 6) is 0.337. The maximum absolute atomic E-state index is 9.14. The molecule has 62 valence electrons. The van der Waals surface area contributed by atoms with Crippen LogP contribution in [0.2, 0.25) is 0 Å². The van der Waals surface area contributed by atoms with Crippen LogP contribution in [0.25, 0.3) is 0 Å². The summed E-state index contributed by atoms with van der Waals surface area (Å²) in [5, 5.41) is 9.14. The van der Waals surface area contributed by atoms with Gasteiger partial charge in [-0.2, -0.15) is 0 Å². The minimum Gasteiger partial charge on any atom is -0.508 e. The Balaban J connectivity index is 4.21. The van der Waals surface area contributed by atoms with Gasteiger partial charge in [0.15, 0.2) is 0 Å². The fourth-order valence-corrected chi connectivity index (χ4v) is 0.783. The van der Waals surface area contributed by atoms with Crippen molar-refractivity contribution in [1.29, 1.82) is 0 Å². The van der Waals surface area contributed by atoms with Gasteiger partial charge in [-0.05, 0) is 31.9 Å². The van der Waals surface area contributed by atoms with Gasteiger partial charge in [0.05, 0.1) is 0 Å². The first-order valence-electron chi connectivity index (χ1n) is 3.90. The standard InChI is InChI=1S/C10H16O/c1-4-7-9(5-2)8-10(11)6-3/h4,6,8,11H,1,5,7H2,2-3H3/b9-8-,10-6-. The molecule has 0 spiro atoms. The van der Waals surface area contributed by atoms with E-state index in [0.717, 1.165) is 12.8 Å². The van der Waals surface area contributed by atoms with Gasteiger partial charge >= 0.3 is 0 Å². The molecule has 0 fully saturated rings. The molecule has 0 amide bonds. The molecule has 0 aliphatic rings. The van der Waals surface area contributed by atoms with E-state index in [0.29, 0.717) is 5.76 Å². The Morgan fingerprint density at radius 2 is 2.18 bits per heavy atom. The normalized spacial score (nSPS) is 13.3. The van der Waals surface area contributed by atoms with Crippen LogP contribution >= 0.6 is 0 Å². The van der Waals surface area contributed by atoms with Crippen molar-refractivity contribution in [3.8, 4) is 0 Å². The molecule has 0 aromatic carbocycles. The molecule has 0 rings (SSSR count). The van der Waals surface area contributed by atoms with E-state index in [1.807, 2.05) is 13.0 Å². The molecule has 0 aliphatic heterocycles. The minimum atomic E-state index is 0.337. The Morgan fingerprint density at radius 3 is 2.55 bits per heavy atom. The lowest BCUT2D eigenvalue weighted by Gasteiger charge is -1.98. The van der Waals surface area contributed by atoms with E-state index in [1.165, 1.54) is 5.57 Å². The molecule has 1 nitrogen and oxygen atoms in total. The van der Waals surface area contributed by atoms with Gasteiger partial charge in [-0.3, -0.25) is 0 Å². The smallest absolute Gasteiger partial charge is 0.111 e. The monoisotopic (exact) mass is 152 g/mol. The zero-order valence-electron chi connectivity index (χ0n) is 7.30. The van der Waals surface area contributed by atoms with Crippen LogP contribution in [0.3, 0.4) is 0 Å². The Bertz CT molecular complexity index is 175. The van der Waals surface area contributed by atoms with Gasteiger partial charge in [0.2, 0.25) is 0 Å². The van der Waals surface area contributed by atoms with Crippen LogP contribution in [0.5, 0.6) is 0 Å². The number of hydrogen-bond donors (Lipinski definition) is 1. The Morgan fingerprint density at radius 1 is 1.55 bits per heavy atom. The van der Waals surface area contributed by atoms with E-state index in [-0.39, 0.29) is 0 Å². The van der Waals surface area contributed by atoms with E-state index < -0.39 is 0 Å². The zero-order chi connectivity index (χ0) is 8.69. The average molecular weight is 152 g/mol. The Kier molecular flexibility index (Phi) is 5.26. The molecule has 0 bridgehead atoms. The lowest BCUT2D eigenvalue weighted by molar-refractivity contribution is 0.430. The molecule has 0 unspecified atom stereocenters. The summed E-state index contributed by atoms with van der Waals surface area (Å²) < 4.78 is 0. The number of hydrogen-bond acceptors (Lipinski definition) is 1. The Labute approximate surface area is 68.7 Å². The summed E-state index contributed by atoms with van der Waals surface area (Å²) in [6.45, 7) is 7.52. The van der Waals surface area contributed by atoms with Gasteiger partial charge in [-0.1, -0.05) is 18.6 Å². The second kappa shape index (κ2) is 5.78. The molecule has 1 N–H and O–H groups in total. The highest BCUT2D eigenvalue weighted by molar-refractivity contribution is 5.18. The molecule has 0 aromatic rings. The van der Waals surface area contributed by atoms with Gasteiger partial charge in [0, 0.05) is 0 Å². The second-order valence-electron chi connectivity index (χ2n) is 2.36. The highest BCUT2D eigenvalue weighted by Crippen LogP contribution is 2.09. The molecule has 0 radical (unpaired) electrons. The summed E-state index contributed by atoms with van der Waals surface area (Å²) in [6, 6.07) is 0.